The van der Waals surface area contributed by atoms with E-state index in [1.165, 1.54) is 0 Å². The van der Waals surface area contributed by atoms with Crippen LogP contribution in [0.5, 0.6) is 0 Å². The highest BCUT2D eigenvalue weighted by molar-refractivity contribution is 5.69. The highest BCUT2D eigenvalue weighted by Crippen LogP contribution is 2.28. The SMILES string of the molecule is Cc1cc2c(N3CCCC3Cn3nc(-n4ccnc4)ccc3=O)nccn2n1. The van der Waals surface area contributed by atoms with E-state index < -0.39 is 0 Å². The highest BCUT2D eigenvalue weighted by atomic mass is 16.1. The zero-order valence-electron chi connectivity index (χ0n) is 15.5. The molecule has 0 spiro atoms. The summed E-state index contributed by atoms with van der Waals surface area (Å²) in [5, 5.41) is 9.02. The van der Waals surface area contributed by atoms with E-state index in [-0.39, 0.29) is 11.6 Å². The Morgan fingerprint density at radius 3 is 2.96 bits per heavy atom. The smallest absolute Gasteiger partial charge is 0.266 e. The molecule has 4 aromatic rings. The summed E-state index contributed by atoms with van der Waals surface area (Å²) in [6, 6.07) is 5.46. The zero-order chi connectivity index (χ0) is 19.1. The van der Waals surface area contributed by atoms with Crippen molar-refractivity contribution in [3.63, 3.8) is 0 Å². The molecule has 0 radical (unpaired) electrons. The lowest BCUT2D eigenvalue weighted by Gasteiger charge is -2.26. The van der Waals surface area contributed by atoms with Crippen LogP contribution in [0.2, 0.25) is 0 Å². The van der Waals surface area contributed by atoms with Crippen molar-refractivity contribution in [2.45, 2.75) is 32.4 Å². The van der Waals surface area contributed by atoms with Gasteiger partial charge in [0.2, 0.25) is 0 Å². The number of hydrogen-bond acceptors (Lipinski definition) is 6. The van der Waals surface area contributed by atoms with Gasteiger partial charge in [0.15, 0.2) is 11.6 Å². The first-order valence-electron chi connectivity index (χ1n) is 9.33. The second-order valence-corrected chi connectivity index (χ2v) is 7.04. The highest BCUT2D eigenvalue weighted by Gasteiger charge is 2.28. The fourth-order valence-electron chi connectivity index (χ4n) is 3.86. The first-order chi connectivity index (χ1) is 13.7. The standard InChI is InChI=1S/C19H20N8O/c1-14-11-16-19(21-7-10-26(16)22-14)25-8-2-3-15(25)12-27-18(28)5-4-17(23-27)24-9-6-20-13-24/h4-7,9-11,13,15H,2-3,8,12H2,1H3. The lowest BCUT2D eigenvalue weighted by Crippen LogP contribution is -2.37. The molecule has 1 fully saturated rings. The molecular weight excluding hydrogens is 356 g/mol. The molecule has 1 atom stereocenters. The van der Waals surface area contributed by atoms with E-state index in [9.17, 15) is 4.79 Å². The molecule has 5 heterocycles. The number of fused-ring (bicyclic) bond motifs is 1. The molecular formula is C19H20N8O. The fourth-order valence-corrected chi connectivity index (χ4v) is 3.86. The van der Waals surface area contributed by atoms with Gasteiger partial charge in [0.25, 0.3) is 5.56 Å². The van der Waals surface area contributed by atoms with Crippen LogP contribution in [-0.4, -0.2) is 46.5 Å². The number of nitrogens with zero attached hydrogens (tertiary/aromatic N) is 8. The third kappa shape index (κ3) is 2.84. The van der Waals surface area contributed by atoms with Crippen molar-refractivity contribution in [1.82, 2.24) is 33.9 Å². The summed E-state index contributed by atoms with van der Waals surface area (Å²) < 4.78 is 5.19. The van der Waals surface area contributed by atoms with Gasteiger partial charge in [0.1, 0.15) is 11.8 Å². The lowest BCUT2D eigenvalue weighted by atomic mass is 10.2. The normalized spacial score (nSPS) is 16.9. The van der Waals surface area contributed by atoms with Crippen molar-refractivity contribution >= 4 is 11.3 Å². The third-order valence-electron chi connectivity index (χ3n) is 5.15. The van der Waals surface area contributed by atoms with Crippen LogP contribution in [0.3, 0.4) is 0 Å². The Morgan fingerprint density at radius 1 is 1.18 bits per heavy atom. The van der Waals surface area contributed by atoms with E-state index in [4.69, 9.17) is 0 Å². The summed E-state index contributed by atoms with van der Waals surface area (Å²) in [6.45, 7) is 3.39. The van der Waals surface area contributed by atoms with Crippen molar-refractivity contribution in [2.75, 3.05) is 11.4 Å². The van der Waals surface area contributed by atoms with Crippen LogP contribution in [0.1, 0.15) is 18.5 Å². The molecule has 0 aliphatic carbocycles. The Hall–Kier alpha value is -3.49. The first-order valence-corrected chi connectivity index (χ1v) is 9.33. The summed E-state index contributed by atoms with van der Waals surface area (Å²) >= 11 is 0. The molecule has 1 saturated heterocycles. The minimum Gasteiger partial charge on any atom is -0.350 e. The average molecular weight is 376 g/mol. The Balaban J connectivity index is 1.48. The molecule has 0 N–H and O–H groups in total. The van der Waals surface area contributed by atoms with E-state index in [0.29, 0.717) is 12.4 Å². The first kappa shape index (κ1) is 16.7. The predicted octanol–water partition coefficient (Wildman–Crippen LogP) is 1.45. The molecule has 9 heteroatoms. The second-order valence-electron chi connectivity index (χ2n) is 7.04. The largest absolute Gasteiger partial charge is 0.350 e. The van der Waals surface area contributed by atoms with Gasteiger partial charge in [-0.1, -0.05) is 0 Å². The molecule has 5 rings (SSSR count). The molecule has 4 aromatic heterocycles. The third-order valence-corrected chi connectivity index (χ3v) is 5.15. The van der Waals surface area contributed by atoms with E-state index >= 15 is 0 Å². The minimum absolute atomic E-state index is 0.109. The maximum absolute atomic E-state index is 12.4. The molecule has 0 bridgehead atoms. The number of hydrogen-bond donors (Lipinski definition) is 0. The van der Waals surface area contributed by atoms with Gasteiger partial charge in [0, 0.05) is 37.4 Å². The number of aryl methyl sites for hydroxylation is 1. The van der Waals surface area contributed by atoms with Crippen LogP contribution in [0.4, 0.5) is 5.82 Å². The average Bonchev–Trinajstić information content (AvgIpc) is 3.43. The summed E-state index contributed by atoms with van der Waals surface area (Å²) in [5.74, 6) is 1.58. The number of anilines is 1. The summed E-state index contributed by atoms with van der Waals surface area (Å²) in [5.41, 5.74) is 1.83. The van der Waals surface area contributed by atoms with Gasteiger partial charge in [-0.3, -0.25) is 9.36 Å². The number of imidazole rings is 1. The van der Waals surface area contributed by atoms with Crippen molar-refractivity contribution < 1.29 is 0 Å². The van der Waals surface area contributed by atoms with Crippen LogP contribution in [0.15, 0.2) is 54.1 Å². The van der Waals surface area contributed by atoms with Crippen molar-refractivity contribution in [2.24, 2.45) is 0 Å². The molecule has 1 aliphatic rings. The monoisotopic (exact) mass is 376 g/mol. The van der Waals surface area contributed by atoms with Gasteiger partial charge < -0.3 is 4.90 Å². The zero-order valence-corrected chi connectivity index (χ0v) is 15.5. The van der Waals surface area contributed by atoms with Crippen LogP contribution in [0, 0.1) is 6.92 Å². The fraction of sp³-hybridized carbons (Fsp3) is 0.316. The molecule has 142 valence electrons. The maximum Gasteiger partial charge on any atom is 0.266 e. The second kappa shape index (κ2) is 6.59. The molecule has 0 amide bonds. The summed E-state index contributed by atoms with van der Waals surface area (Å²) in [6.07, 6.45) is 10.8. The van der Waals surface area contributed by atoms with E-state index in [2.05, 4.69) is 25.1 Å². The van der Waals surface area contributed by atoms with E-state index in [1.54, 1.807) is 40.1 Å². The van der Waals surface area contributed by atoms with Gasteiger partial charge in [-0.2, -0.15) is 10.2 Å². The predicted molar refractivity (Wildman–Crippen MR) is 104 cm³/mol. The Kier molecular flexibility index (Phi) is 3.92. The molecule has 28 heavy (non-hydrogen) atoms. The van der Waals surface area contributed by atoms with Gasteiger partial charge in [-0.15, -0.1) is 0 Å². The van der Waals surface area contributed by atoms with Crippen LogP contribution in [-0.2, 0) is 6.54 Å². The maximum atomic E-state index is 12.4. The molecule has 9 nitrogen and oxygen atoms in total. The van der Waals surface area contributed by atoms with Gasteiger partial charge >= 0.3 is 0 Å². The quantitative estimate of drug-likeness (QED) is 0.536. The van der Waals surface area contributed by atoms with Crippen molar-refractivity contribution in [1.29, 1.82) is 0 Å². The van der Waals surface area contributed by atoms with Gasteiger partial charge in [0.05, 0.1) is 18.3 Å². The molecule has 1 unspecified atom stereocenters. The summed E-state index contributed by atoms with van der Waals surface area (Å²) in [7, 11) is 0. The number of aromatic nitrogens is 7. The van der Waals surface area contributed by atoms with Gasteiger partial charge in [-0.05, 0) is 31.9 Å². The van der Waals surface area contributed by atoms with E-state index in [1.807, 2.05) is 29.9 Å². The molecule has 0 aromatic carbocycles. The van der Waals surface area contributed by atoms with Gasteiger partial charge in [-0.25, -0.2) is 19.2 Å². The minimum atomic E-state index is -0.109. The summed E-state index contributed by atoms with van der Waals surface area (Å²) in [4.78, 5) is 23.4. The lowest BCUT2D eigenvalue weighted by molar-refractivity contribution is 0.484. The number of rotatable bonds is 4. The Bertz CT molecular complexity index is 1180. The Morgan fingerprint density at radius 2 is 2.11 bits per heavy atom. The molecule has 1 aliphatic heterocycles. The van der Waals surface area contributed by atoms with Crippen molar-refractivity contribution in [3.8, 4) is 5.82 Å². The topological polar surface area (TPSA) is 86.1 Å². The van der Waals surface area contributed by atoms with Crippen LogP contribution >= 0.6 is 0 Å². The van der Waals surface area contributed by atoms with Crippen LogP contribution < -0.4 is 10.5 Å². The van der Waals surface area contributed by atoms with Crippen molar-refractivity contribution in [3.05, 3.63) is 65.4 Å². The Labute approximate surface area is 160 Å². The van der Waals surface area contributed by atoms with Crippen LogP contribution in [0.25, 0.3) is 11.3 Å². The van der Waals surface area contributed by atoms with E-state index in [0.717, 1.165) is 36.4 Å². The molecule has 0 saturated carbocycles.